The molecule has 0 saturated carbocycles. The number of H-pyrrole nitrogens is 1. The second kappa shape index (κ2) is 5.83. The van der Waals surface area contributed by atoms with Crippen molar-refractivity contribution in [2.24, 2.45) is 5.92 Å². The highest BCUT2D eigenvalue weighted by molar-refractivity contribution is 7.91. The number of thiazole rings is 1. The van der Waals surface area contributed by atoms with Crippen molar-refractivity contribution < 1.29 is 8.42 Å². The molecule has 2 aliphatic rings. The standard InChI is InChI=1S/C13H21N3O3S2/c1-9-12(20-13(17)15-9)21(18,19)16-7-3-4-10(8-16)11-5-2-6-14-11/h10-11,14H,2-8H2,1H3,(H,15,17). The zero-order valence-electron chi connectivity index (χ0n) is 12.1. The summed E-state index contributed by atoms with van der Waals surface area (Å²) in [6, 6.07) is 0.439. The molecule has 2 unspecified atom stereocenters. The van der Waals surface area contributed by atoms with Crippen LogP contribution in [0.25, 0.3) is 0 Å². The van der Waals surface area contributed by atoms with Gasteiger partial charge in [-0.05, 0) is 45.1 Å². The Hall–Kier alpha value is -0.700. The van der Waals surface area contributed by atoms with Gasteiger partial charge >= 0.3 is 4.87 Å². The molecule has 0 aliphatic carbocycles. The van der Waals surface area contributed by atoms with Crippen LogP contribution in [0.3, 0.4) is 0 Å². The van der Waals surface area contributed by atoms with E-state index >= 15 is 0 Å². The lowest BCUT2D eigenvalue weighted by Gasteiger charge is -2.34. The van der Waals surface area contributed by atoms with Crippen LogP contribution in [-0.4, -0.2) is 43.4 Å². The third-order valence-corrected chi connectivity index (χ3v) is 7.89. The maximum atomic E-state index is 12.7. The van der Waals surface area contributed by atoms with E-state index in [9.17, 15) is 13.2 Å². The zero-order valence-corrected chi connectivity index (χ0v) is 13.7. The number of piperidine rings is 1. The van der Waals surface area contributed by atoms with E-state index in [1.54, 1.807) is 11.2 Å². The summed E-state index contributed by atoms with van der Waals surface area (Å²) in [4.78, 5) is 13.6. The van der Waals surface area contributed by atoms with Crippen molar-refractivity contribution in [3.05, 3.63) is 15.4 Å². The van der Waals surface area contributed by atoms with Crippen LogP contribution in [-0.2, 0) is 10.0 Å². The predicted octanol–water partition coefficient (Wildman–Crippen LogP) is 0.898. The van der Waals surface area contributed by atoms with E-state index in [4.69, 9.17) is 0 Å². The molecule has 0 aromatic carbocycles. The first-order chi connectivity index (χ1) is 9.98. The van der Waals surface area contributed by atoms with Crippen LogP contribution in [0.15, 0.2) is 9.00 Å². The fraction of sp³-hybridized carbons (Fsp3) is 0.769. The first-order valence-electron chi connectivity index (χ1n) is 7.42. The minimum absolute atomic E-state index is 0.174. The first-order valence-corrected chi connectivity index (χ1v) is 9.67. The van der Waals surface area contributed by atoms with E-state index in [0.717, 1.165) is 37.1 Å². The maximum absolute atomic E-state index is 12.7. The molecule has 1 aromatic rings. The van der Waals surface area contributed by atoms with Crippen molar-refractivity contribution in [2.45, 2.75) is 42.9 Å². The summed E-state index contributed by atoms with van der Waals surface area (Å²) in [6.07, 6.45) is 4.27. The van der Waals surface area contributed by atoms with Gasteiger partial charge in [0.15, 0.2) is 4.21 Å². The maximum Gasteiger partial charge on any atom is 0.305 e. The highest BCUT2D eigenvalue weighted by Gasteiger charge is 2.36. The molecule has 0 radical (unpaired) electrons. The largest absolute Gasteiger partial charge is 0.315 e. The van der Waals surface area contributed by atoms with Crippen molar-refractivity contribution >= 4 is 21.4 Å². The zero-order chi connectivity index (χ0) is 15.0. The quantitative estimate of drug-likeness (QED) is 0.862. The van der Waals surface area contributed by atoms with Crippen molar-refractivity contribution in [1.82, 2.24) is 14.6 Å². The third kappa shape index (κ3) is 2.94. The number of hydrogen-bond acceptors (Lipinski definition) is 5. The van der Waals surface area contributed by atoms with Gasteiger partial charge in [0.2, 0.25) is 0 Å². The van der Waals surface area contributed by atoms with Crippen molar-refractivity contribution in [3.63, 3.8) is 0 Å². The number of sulfonamides is 1. The SMILES string of the molecule is Cc1[nH]c(=O)sc1S(=O)(=O)N1CCCC(C2CCCN2)C1. The molecule has 0 spiro atoms. The highest BCUT2D eigenvalue weighted by Crippen LogP contribution is 2.29. The second-order valence-electron chi connectivity index (χ2n) is 5.90. The number of aromatic amines is 1. The van der Waals surface area contributed by atoms with E-state index in [0.29, 0.717) is 30.7 Å². The Kier molecular flexibility index (Phi) is 4.22. The molecule has 2 N–H and O–H groups in total. The van der Waals surface area contributed by atoms with E-state index in [1.165, 1.54) is 6.42 Å². The van der Waals surface area contributed by atoms with Gasteiger partial charge in [-0.3, -0.25) is 4.79 Å². The van der Waals surface area contributed by atoms with Crippen LogP contribution in [0.2, 0.25) is 0 Å². The number of aromatic nitrogens is 1. The van der Waals surface area contributed by atoms with Gasteiger partial charge in [0, 0.05) is 24.8 Å². The van der Waals surface area contributed by atoms with Crippen LogP contribution < -0.4 is 10.2 Å². The molecule has 0 bridgehead atoms. The summed E-state index contributed by atoms with van der Waals surface area (Å²) in [5, 5.41) is 3.48. The van der Waals surface area contributed by atoms with Gasteiger partial charge in [0.1, 0.15) is 0 Å². The van der Waals surface area contributed by atoms with Crippen LogP contribution in [0.5, 0.6) is 0 Å². The Bertz CT molecular complexity index is 658. The number of nitrogens with one attached hydrogen (secondary N) is 2. The molecule has 2 fully saturated rings. The van der Waals surface area contributed by atoms with Gasteiger partial charge in [-0.15, -0.1) is 0 Å². The summed E-state index contributed by atoms with van der Waals surface area (Å²) in [6.45, 7) is 3.79. The Morgan fingerprint density at radius 1 is 1.29 bits per heavy atom. The average molecular weight is 331 g/mol. The third-order valence-electron chi connectivity index (χ3n) is 4.44. The second-order valence-corrected chi connectivity index (χ2v) is 9.01. The van der Waals surface area contributed by atoms with Gasteiger partial charge in [0.25, 0.3) is 10.0 Å². The predicted molar refractivity (Wildman–Crippen MR) is 82.2 cm³/mol. The van der Waals surface area contributed by atoms with Crippen molar-refractivity contribution in [1.29, 1.82) is 0 Å². The molecule has 2 aliphatic heterocycles. The van der Waals surface area contributed by atoms with Gasteiger partial charge in [0.05, 0.1) is 0 Å². The average Bonchev–Trinajstić information content (AvgIpc) is 3.09. The normalized spacial score (nSPS) is 28.0. The van der Waals surface area contributed by atoms with E-state index in [1.807, 2.05) is 0 Å². The summed E-state index contributed by atoms with van der Waals surface area (Å²) in [5.41, 5.74) is 0.450. The molecule has 21 heavy (non-hydrogen) atoms. The summed E-state index contributed by atoms with van der Waals surface area (Å²) >= 11 is 0.792. The minimum Gasteiger partial charge on any atom is -0.315 e. The fourth-order valence-corrected chi connectivity index (χ4v) is 6.36. The Labute approximate surface area is 128 Å². The van der Waals surface area contributed by atoms with Crippen molar-refractivity contribution in [2.75, 3.05) is 19.6 Å². The molecular formula is C13H21N3O3S2. The monoisotopic (exact) mass is 331 g/mol. The van der Waals surface area contributed by atoms with E-state index in [2.05, 4.69) is 10.3 Å². The van der Waals surface area contributed by atoms with Crippen molar-refractivity contribution in [3.8, 4) is 0 Å². The van der Waals surface area contributed by atoms with Gasteiger partial charge in [-0.25, -0.2) is 8.42 Å². The fourth-order valence-electron chi connectivity index (χ4n) is 3.39. The molecular weight excluding hydrogens is 310 g/mol. The highest BCUT2D eigenvalue weighted by atomic mass is 32.2. The molecule has 6 nitrogen and oxygen atoms in total. The number of nitrogens with zero attached hydrogens (tertiary/aromatic N) is 1. The molecule has 8 heteroatoms. The minimum atomic E-state index is -3.54. The lowest BCUT2D eigenvalue weighted by molar-refractivity contribution is 0.226. The van der Waals surface area contributed by atoms with Gasteiger partial charge in [-0.2, -0.15) is 4.31 Å². The Balaban J connectivity index is 1.81. The van der Waals surface area contributed by atoms with E-state index < -0.39 is 10.0 Å². The molecule has 118 valence electrons. The molecule has 0 amide bonds. The Morgan fingerprint density at radius 3 is 2.71 bits per heavy atom. The topological polar surface area (TPSA) is 82.3 Å². The first kappa shape index (κ1) is 15.2. The van der Waals surface area contributed by atoms with E-state index in [-0.39, 0.29) is 9.08 Å². The number of aryl methyl sites for hydroxylation is 1. The Morgan fingerprint density at radius 2 is 2.10 bits per heavy atom. The summed E-state index contributed by atoms with van der Waals surface area (Å²) in [5.74, 6) is 0.381. The smallest absolute Gasteiger partial charge is 0.305 e. The molecule has 1 aromatic heterocycles. The number of hydrogen-bond donors (Lipinski definition) is 2. The summed E-state index contributed by atoms with van der Waals surface area (Å²) in [7, 11) is -3.54. The summed E-state index contributed by atoms with van der Waals surface area (Å²) < 4.78 is 27.2. The van der Waals surface area contributed by atoms with Crippen LogP contribution in [0.1, 0.15) is 31.4 Å². The van der Waals surface area contributed by atoms with Crippen LogP contribution in [0.4, 0.5) is 0 Å². The van der Waals surface area contributed by atoms with Gasteiger partial charge < -0.3 is 10.3 Å². The van der Waals surface area contributed by atoms with Crippen LogP contribution in [0, 0.1) is 12.8 Å². The number of rotatable bonds is 3. The van der Waals surface area contributed by atoms with Crippen LogP contribution >= 0.6 is 11.3 Å². The lowest BCUT2D eigenvalue weighted by atomic mass is 9.91. The molecule has 2 saturated heterocycles. The van der Waals surface area contributed by atoms with Gasteiger partial charge in [-0.1, -0.05) is 11.3 Å². The molecule has 3 rings (SSSR count). The lowest BCUT2D eigenvalue weighted by Crippen LogP contribution is -2.45. The molecule has 2 atom stereocenters. The molecule has 3 heterocycles.